The molecule has 22 heavy (non-hydrogen) atoms. The lowest BCUT2D eigenvalue weighted by atomic mass is 9.94. The largest absolute Gasteiger partial charge is 0.384 e. The van der Waals surface area contributed by atoms with E-state index in [4.69, 9.17) is 4.84 Å². The van der Waals surface area contributed by atoms with Crippen molar-refractivity contribution >= 4 is 12.1 Å². The second-order valence-corrected chi connectivity index (χ2v) is 5.57. The first-order valence-electron chi connectivity index (χ1n) is 7.55. The Morgan fingerprint density at radius 2 is 1.91 bits per heavy atom. The zero-order chi connectivity index (χ0) is 15.2. The minimum atomic E-state index is 0.357. The van der Waals surface area contributed by atoms with Gasteiger partial charge in [-0.3, -0.25) is 9.63 Å². The zero-order valence-corrected chi connectivity index (χ0v) is 12.4. The van der Waals surface area contributed by atoms with E-state index in [0.717, 1.165) is 24.9 Å². The van der Waals surface area contributed by atoms with Gasteiger partial charge in [0.1, 0.15) is 6.61 Å². The minimum absolute atomic E-state index is 0.357. The average molecular weight is 296 g/mol. The lowest BCUT2D eigenvalue weighted by molar-refractivity contribution is -0.180. The summed E-state index contributed by atoms with van der Waals surface area (Å²) in [5.74, 6) is 0.357. The standard InChI is InChI=1S/C18H20N2O2/c21-14-20(22-13-15-6-2-1-3-7-15)12-16-10-17-8-4-5-9-18(17)19-11-16/h1-9,14,16,19H,10-13H2. The first kappa shape index (κ1) is 14.6. The first-order valence-corrected chi connectivity index (χ1v) is 7.55. The quantitative estimate of drug-likeness (QED) is 0.658. The molecule has 0 saturated carbocycles. The summed E-state index contributed by atoms with van der Waals surface area (Å²) in [6, 6.07) is 18.2. The average Bonchev–Trinajstić information content (AvgIpc) is 2.59. The molecule has 4 nitrogen and oxygen atoms in total. The molecule has 1 heterocycles. The molecule has 0 radical (unpaired) electrons. The Morgan fingerprint density at radius 3 is 2.73 bits per heavy atom. The third-order valence-electron chi connectivity index (χ3n) is 3.90. The Hall–Kier alpha value is -2.33. The number of hydrogen-bond donors (Lipinski definition) is 1. The first-order chi connectivity index (χ1) is 10.8. The second kappa shape index (κ2) is 7.09. The summed E-state index contributed by atoms with van der Waals surface area (Å²) in [5.41, 5.74) is 3.55. The topological polar surface area (TPSA) is 41.6 Å². The van der Waals surface area contributed by atoms with Crippen LogP contribution >= 0.6 is 0 Å². The molecule has 1 unspecified atom stereocenters. The molecule has 0 fully saturated rings. The Labute approximate surface area is 130 Å². The SMILES string of the molecule is O=CN(CC1CNc2ccccc2C1)OCc1ccccc1. The van der Waals surface area contributed by atoms with Gasteiger partial charge in [0, 0.05) is 18.2 Å². The molecule has 1 aliphatic rings. The minimum Gasteiger partial charge on any atom is -0.384 e. The molecule has 0 aromatic heterocycles. The van der Waals surface area contributed by atoms with Crippen molar-refractivity contribution in [3.05, 3.63) is 65.7 Å². The molecule has 1 aliphatic heterocycles. The van der Waals surface area contributed by atoms with E-state index in [9.17, 15) is 4.79 Å². The van der Waals surface area contributed by atoms with Crippen LogP contribution in [0.15, 0.2) is 54.6 Å². The number of nitrogens with zero attached hydrogens (tertiary/aromatic N) is 1. The second-order valence-electron chi connectivity index (χ2n) is 5.57. The van der Waals surface area contributed by atoms with E-state index in [2.05, 4.69) is 17.4 Å². The lowest BCUT2D eigenvalue weighted by Gasteiger charge is -2.29. The third-order valence-corrected chi connectivity index (χ3v) is 3.90. The molecular weight excluding hydrogens is 276 g/mol. The third kappa shape index (κ3) is 3.65. The van der Waals surface area contributed by atoms with E-state index in [1.54, 1.807) is 0 Å². The smallest absolute Gasteiger partial charge is 0.233 e. The highest BCUT2D eigenvalue weighted by molar-refractivity contribution is 5.53. The fourth-order valence-corrected chi connectivity index (χ4v) is 2.75. The highest BCUT2D eigenvalue weighted by Crippen LogP contribution is 2.24. The van der Waals surface area contributed by atoms with Crippen molar-refractivity contribution in [1.82, 2.24) is 5.06 Å². The number of nitrogens with one attached hydrogen (secondary N) is 1. The maximum absolute atomic E-state index is 11.2. The number of carbonyl (C=O) groups is 1. The van der Waals surface area contributed by atoms with Crippen LogP contribution in [-0.2, 0) is 22.7 Å². The molecule has 0 saturated heterocycles. The van der Waals surface area contributed by atoms with Crippen molar-refractivity contribution in [3.63, 3.8) is 0 Å². The van der Waals surface area contributed by atoms with Gasteiger partial charge in [0.25, 0.3) is 0 Å². The molecular formula is C18H20N2O2. The normalized spacial score (nSPS) is 16.5. The van der Waals surface area contributed by atoms with Gasteiger partial charge < -0.3 is 5.32 Å². The highest BCUT2D eigenvalue weighted by atomic mass is 16.7. The highest BCUT2D eigenvalue weighted by Gasteiger charge is 2.20. The van der Waals surface area contributed by atoms with Crippen LogP contribution < -0.4 is 5.32 Å². The number of benzene rings is 2. The van der Waals surface area contributed by atoms with Gasteiger partial charge in [-0.15, -0.1) is 0 Å². The zero-order valence-electron chi connectivity index (χ0n) is 12.4. The van der Waals surface area contributed by atoms with E-state index < -0.39 is 0 Å². The summed E-state index contributed by atoms with van der Waals surface area (Å²) in [4.78, 5) is 16.8. The van der Waals surface area contributed by atoms with Crippen molar-refractivity contribution in [2.75, 3.05) is 18.4 Å². The van der Waals surface area contributed by atoms with Crippen LogP contribution in [0.2, 0.25) is 0 Å². The van der Waals surface area contributed by atoms with E-state index >= 15 is 0 Å². The fraction of sp³-hybridized carbons (Fsp3) is 0.278. The Kier molecular flexibility index (Phi) is 4.71. The van der Waals surface area contributed by atoms with Gasteiger partial charge in [-0.2, -0.15) is 0 Å². The molecule has 1 N–H and O–H groups in total. The van der Waals surface area contributed by atoms with E-state index in [1.165, 1.54) is 16.3 Å². The van der Waals surface area contributed by atoms with Crippen LogP contribution in [0.1, 0.15) is 11.1 Å². The maximum atomic E-state index is 11.2. The molecule has 0 aliphatic carbocycles. The van der Waals surface area contributed by atoms with Crippen LogP contribution in [0.25, 0.3) is 0 Å². The molecule has 3 rings (SSSR count). The number of amides is 1. The summed E-state index contributed by atoms with van der Waals surface area (Å²) in [6.07, 6.45) is 1.73. The predicted molar refractivity (Wildman–Crippen MR) is 86.1 cm³/mol. The monoisotopic (exact) mass is 296 g/mol. The number of hydroxylamine groups is 2. The van der Waals surface area contributed by atoms with E-state index in [1.807, 2.05) is 42.5 Å². The van der Waals surface area contributed by atoms with Crippen LogP contribution in [0, 0.1) is 5.92 Å². The van der Waals surface area contributed by atoms with Crippen molar-refractivity contribution in [1.29, 1.82) is 0 Å². The van der Waals surface area contributed by atoms with Gasteiger partial charge in [-0.25, -0.2) is 5.06 Å². The van der Waals surface area contributed by atoms with E-state index in [-0.39, 0.29) is 0 Å². The van der Waals surface area contributed by atoms with Gasteiger partial charge in [-0.1, -0.05) is 48.5 Å². The summed E-state index contributed by atoms with van der Waals surface area (Å²) in [5, 5.41) is 4.83. The van der Waals surface area contributed by atoms with Gasteiger partial charge in [0.2, 0.25) is 6.41 Å². The molecule has 4 heteroatoms. The van der Waals surface area contributed by atoms with Gasteiger partial charge >= 0.3 is 0 Å². The number of fused-ring (bicyclic) bond motifs is 1. The predicted octanol–water partition coefficient (Wildman–Crippen LogP) is 2.86. The molecule has 0 spiro atoms. The Balaban J connectivity index is 1.54. The Bertz CT molecular complexity index is 615. The molecule has 2 aromatic carbocycles. The molecule has 2 aromatic rings. The number of para-hydroxylation sites is 1. The van der Waals surface area contributed by atoms with Gasteiger partial charge in [0.15, 0.2) is 0 Å². The summed E-state index contributed by atoms with van der Waals surface area (Å²) in [6.45, 7) is 1.87. The van der Waals surface area contributed by atoms with Gasteiger partial charge in [-0.05, 0) is 23.6 Å². The molecule has 1 atom stereocenters. The number of hydrogen-bond acceptors (Lipinski definition) is 3. The van der Waals surface area contributed by atoms with Crippen LogP contribution in [0.3, 0.4) is 0 Å². The van der Waals surface area contributed by atoms with Crippen molar-refractivity contribution in [2.45, 2.75) is 13.0 Å². The summed E-state index contributed by atoms with van der Waals surface area (Å²) < 4.78 is 0. The molecule has 1 amide bonds. The summed E-state index contributed by atoms with van der Waals surface area (Å²) in [7, 11) is 0. The fourth-order valence-electron chi connectivity index (χ4n) is 2.75. The maximum Gasteiger partial charge on any atom is 0.233 e. The van der Waals surface area contributed by atoms with Crippen molar-refractivity contribution < 1.29 is 9.63 Å². The van der Waals surface area contributed by atoms with Crippen molar-refractivity contribution in [3.8, 4) is 0 Å². The number of anilines is 1. The molecule has 0 bridgehead atoms. The van der Waals surface area contributed by atoms with Gasteiger partial charge in [0.05, 0.1) is 6.54 Å². The van der Waals surface area contributed by atoms with Crippen molar-refractivity contribution in [2.24, 2.45) is 5.92 Å². The summed E-state index contributed by atoms with van der Waals surface area (Å²) >= 11 is 0. The lowest BCUT2D eigenvalue weighted by Crippen LogP contribution is -2.35. The number of rotatable bonds is 6. The Morgan fingerprint density at radius 1 is 1.14 bits per heavy atom. The van der Waals surface area contributed by atoms with Crippen LogP contribution in [0.4, 0.5) is 5.69 Å². The van der Waals surface area contributed by atoms with Crippen LogP contribution in [-0.4, -0.2) is 24.6 Å². The number of carbonyl (C=O) groups excluding carboxylic acids is 1. The molecule has 114 valence electrons. The van der Waals surface area contributed by atoms with Crippen LogP contribution in [0.5, 0.6) is 0 Å². The van der Waals surface area contributed by atoms with E-state index in [0.29, 0.717) is 19.1 Å².